The standard InChI is InChI=1S/C29H24ClFN8O2S/c1-37-13-20(11-34-37)18-7-21(28-19(8-32)10-35-39(28)14-18)17-5-6-27(33-9-17)38-15-23-22(24(23)16-38)12-36-42(40,41)29-25(30)3-2-4-26(29)31/h2-7,9-11,13-14,22-24,36H,12,15-16H2,1H3/t22-,23-,24+. The van der Waals surface area contributed by atoms with Gasteiger partial charge in [0.15, 0.2) is 0 Å². The summed E-state index contributed by atoms with van der Waals surface area (Å²) in [4.78, 5) is 6.43. The van der Waals surface area contributed by atoms with Crippen molar-refractivity contribution in [2.45, 2.75) is 4.90 Å². The maximum absolute atomic E-state index is 14.2. The molecule has 0 unspecified atom stereocenters. The minimum atomic E-state index is -4.05. The van der Waals surface area contributed by atoms with Crippen molar-refractivity contribution >= 4 is 33.0 Å². The quantitative estimate of drug-likeness (QED) is 0.297. The fraction of sp³-hybridized carbons (Fsp3) is 0.241. The monoisotopic (exact) mass is 602 g/mol. The van der Waals surface area contributed by atoms with Crippen molar-refractivity contribution in [3.63, 3.8) is 0 Å². The van der Waals surface area contributed by atoms with E-state index in [0.717, 1.165) is 47.2 Å². The number of fused-ring (bicyclic) bond motifs is 2. The molecule has 5 heterocycles. The second-order valence-corrected chi connectivity index (χ2v) is 12.8. The smallest absolute Gasteiger partial charge is 0.244 e. The first-order chi connectivity index (χ1) is 20.2. The number of nitrogens with zero attached hydrogens (tertiary/aromatic N) is 7. The summed E-state index contributed by atoms with van der Waals surface area (Å²) in [5, 5.41) is 18.2. The van der Waals surface area contributed by atoms with Crippen molar-refractivity contribution in [1.82, 2.24) is 29.1 Å². The zero-order valence-corrected chi connectivity index (χ0v) is 23.9. The molecule has 3 atom stereocenters. The lowest BCUT2D eigenvalue weighted by molar-refractivity contribution is 0.546. The number of nitrogens with one attached hydrogen (secondary N) is 1. The van der Waals surface area contributed by atoms with Gasteiger partial charge in [-0.3, -0.25) is 4.68 Å². The molecule has 1 saturated heterocycles. The first-order valence-corrected chi connectivity index (χ1v) is 15.1. The van der Waals surface area contributed by atoms with Gasteiger partial charge >= 0.3 is 0 Å². The molecular formula is C29H24ClFN8O2S. The van der Waals surface area contributed by atoms with Crippen LogP contribution in [0.4, 0.5) is 10.2 Å². The minimum Gasteiger partial charge on any atom is -0.356 e. The Morgan fingerprint density at radius 1 is 1.07 bits per heavy atom. The third-order valence-electron chi connectivity index (χ3n) is 8.22. The fourth-order valence-corrected chi connectivity index (χ4v) is 7.71. The van der Waals surface area contributed by atoms with E-state index in [0.29, 0.717) is 22.9 Å². The molecule has 212 valence electrons. The van der Waals surface area contributed by atoms with Gasteiger partial charge in [-0.25, -0.2) is 27.0 Å². The molecule has 10 nitrogen and oxygen atoms in total. The van der Waals surface area contributed by atoms with Gasteiger partial charge < -0.3 is 4.90 Å². The van der Waals surface area contributed by atoms with Crippen LogP contribution in [-0.4, -0.2) is 52.4 Å². The second kappa shape index (κ2) is 9.90. The highest BCUT2D eigenvalue weighted by atomic mass is 35.5. The van der Waals surface area contributed by atoms with Crippen molar-refractivity contribution in [2.75, 3.05) is 24.5 Å². The summed E-state index contributed by atoms with van der Waals surface area (Å²) in [6, 6.07) is 12.0. The fourth-order valence-electron chi connectivity index (χ4n) is 6.04. The Morgan fingerprint density at radius 3 is 2.55 bits per heavy atom. The number of anilines is 1. The van der Waals surface area contributed by atoms with Crippen LogP contribution in [0.2, 0.25) is 5.02 Å². The molecule has 0 radical (unpaired) electrons. The van der Waals surface area contributed by atoms with Gasteiger partial charge in [-0.1, -0.05) is 17.7 Å². The summed E-state index contributed by atoms with van der Waals surface area (Å²) >= 11 is 5.96. The highest BCUT2D eigenvalue weighted by molar-refractivity contribution is 7.89. The van der Waals surface area contributed by atoms with E-state index in [2.05, 4.69) is 25.9 Å². The van der Waals surface area contributed by atoms with Crippen LogP contribution in [0.15, 0.2) is 72.3 Å². The lowest BCUT2D eigenvalue weighted by Gasteiger charge is -2.21. The SMILES string of the molecule is Cn1cc(-c2cc(-c3ccc(N4C[C@@H]5[C@@H](CNS(=O)(=O)c6c(F)cccc6Cl)[C@@H]5C4)nc3)c3c(C#N)cnn3c2)cn1. The zero-order chi connectivity index (χ0) is 29.2. The molecule has 2 fully saturated rings. The van der Waals surface area contributed by atoms with Crippen molar-refractivity contribution in [2.24, 2.45) is 24.8 Å². The number of aryl methyl sites for hydroxylation is 1. The first-order valence-electron chi connectivity index (χ1n) is 13.3. The van der Waals surface area contributed by atoms with Gasteiger partial charge in [-0.15, -0.1) is 0 Å². The van der Waals surface area contributed by atoms with Crippen LogP contribution in [0.1, 0.15) is 5.56 Å². The summed E-state index contributed by atoms with van der Waals surface area (Å²) in [5.41, 5.74) is 4.74. The van der Waals surface area contributed by atoms with Crippen LogP contribution in [0.3, 0.4) is 0 Å². The molecule has 5 aromatic rings. The normalized spacial score (nSPS) is 19.7. The van der Waals surface area contributed by atoms with Crippen LogP contribution in [-0.2, 0) is 17.1 Å². The van der Waals surface area contributed by atoms with Crippen LogP contribution in [0.5, 0.6) is 0 Å². The number of aromatic nitrogens is 5. The average Bonchev–Trinajstić information content (AvgIpc) is 3.40. The molecule has 0 bridgehead atoms. The average molecular weight is 603 g/mol. The van der Waals surface area contributed by atoms with E-state index < -0.39 is 20.7 Å². The van der Waals surface area contributed by atoms with Crippen molar-refractivity contribution in [1.29, 1.82) is 5.26 Å². The van der Waals surface area contributed by atoms with E-state index in [1.54, 1.807) is 27.8 Å². The van der Waals surface area contributed by atoms with E-state index in [1.807, 2.05) is 37.6 Å². The summed E-state index contributed by atoms with van der Waals surface area (Å²) < 4.78 is 45.5. The number of hydrogen-bond acceptors (Lipinski definition) is 7. The van der Waals surface area contributed by atoms with Gasteiger partial charge in [0.1, 0.15) is 22.6 Å². The summed E-state index contributed by atoms with van der Waals surface area (Å²) in [6.07, 6.45) is 8.96. The van der Waals surface area contributed by atoms with E-state index >= 15 is 0 Å². The Hall–Kier alpha value is -4.31. The van der Waals surface area contributed by atoms with Gasteiger partial charge in [0.2, 0.25) is 10.0 Å². The van der Waals surface area contributed by atoms with Crippen LogP contribution < -0.4 is 9.62 Å². The molecule has 1 N–H and O–H groups in total. The van der Waals surface area contributed by atoms with Gasteiger partial charge in [-0.05, 0) is 48.1 Å². The Bertz CT molecular complexity index is 1970. The molecule has 1 aliphatic carbocycles. The predicted octanol–water partition coefficient (Wildman–Crippen LogP) is 4.12. The number of piperidine rings is 1. The topological polar surface area (TPSA) is 121 Å². The van der Waals surface area contributed by atoms with Crippen molar-refractivity contribution in [3.05, 3.63) is 83.8 Å². The van der Waals surface area contributed by atoms with Gasteiger partial charge in [0.25, 0.3) is 0 Å². The molecule has 1 aliphatic heterocycles. The largest absolute Gasteiger partial charge is 0.356 e. The van der Waals surface area contributed by atoms with E-state index in [1.165, 1.54) is 12.1 Å². The molecule has 4 aromatic heterocycles. The van der Waals surface area contributed by atoms with Gasteiger partial charge in [0.05, 0.1) is 28.5 Å². The molecule has 0 spiro atoms. The molecule has 1 aromatic carbocycles. The van der Waals surface area contributed by atoms with Crippen molar-refractivity contribution < 1.29 is 12.8 Å². The van der Waals surface area contributed by atoms with Crippen LogP contribution >= 0.6 is 11.6 Å². The number of sulfonamides is 1. The summed E-state index contributed by atoms with van der Waals surface area (Å²) in [5.74, 6) is 0.790. The summed E-state index contributed by atoms with van der Waals surface area (Å²) in [6.45, 7) is 1.75. The molecule has 2 aliphatic rings. The van der Waals surface area contributed by atoms with Gasteiger partial charge in [0, 0.05) is 67.5 Å². The molecule has 42 heavy (non-hydrogen) atoms. The number of rotatable bonds is 7. The lowest BCUT2D eigenvalue weighted by Crippen LogP contribution is -2.31. The minimum absolute atomic E-state index is 0.138. The first kappa shape index (κ1) is 26.6. The Balaban J connectivity index is 1.06. The number of pyridine rings is 2. The van der Waals surface area contributed by atoms with Gasteiger partial charge in [-0.2, -0.15) is 15.5 Å². The van der Waals surface area contributed by atoms with E-state index in [-0.39, 0.29) is 17.5 Å². The highest BCUT2D eigenvalue weighted by Gasteiger charge is 2.55. The maximum atomic E-state index is 14.2. The van der Waals surface area contributed by atoms with Crippen molar-refractivity contribution in [3.8, 4) is 28.3 Å². The molecule has 1 saturated carbocycles. The van der Waals surface area contributed by atoms with E-state index in [9.17, 15) is 18.1 Å². The highest BCUT2D eigenvalue weighted by Crippen LogP contribution is 2.52. The predicted molar refractivity (Wildman–Crippen MR) is 155 cm³/mol. The Morgan fingerprint density at radius 2 is 1.88 bits per heavy atom. The summed E-state index contributed by atoms with van der Waals surface area (Å²) in [7, 11) is -2.20. The van der Waals surface area contributed by atoms with E-state index in [4.69, 9.17) is 16.6 Å². The Labute approximate surface area is 246 Å². The van der Waals surface area contributed by atoms with Crippen LogP contribution in [0, 0.1) is 34.9 Å². The Kier molecular flexibility index (Phi) is 6.27. The molecular weight excluding hydrogens is 579 g/mol. The number of benzene rings is 1. The molecule has 7 rings (SSSR count). The zero-order valence-electron chi connectivity index (χ0n) is 22.3. The number of halogens is 2. The maximum Gasteiger partial charge on any atom is 0.244 e. The number of hydrogen-bond donors (Lipinski definition) is 1. The number of nitriles is 1. The third-order valence-corrected chi connectivity index (χ3v) is 10.1. The second-order valence-electron chi connectivity index (χ2n) is 10.7. The molecule has 0 amide bonds. The van der Waals surface area contributed by atoms with Crippen LogP contribution in [0.25, 0.3) is 27.8 Å². The third kappa shape index (κ3) is 4.50. The lowest BCUT2D eigenvalue weighted by atomic mass is 10.0. The molecule has 13 heteroatoms.